The van der Waals surface area contributed by atoms with Gasteiger partial charge in [-0.05, 0) is 6.42 Å². The van der Waals surface area contributed by atoms with E-state index >= 15 is 0 Å². The second kappa shape index (κ2) is 12.8. The molecule has 0 aromatic heterocycles. The van der Waals surface area contributed by atoms with Crippen LogP contribution in [0.5, 0.6) is 0 Å². The molecule has 28 heavy (non-hydrogen) atoms. The van der Waals surface area contributed by atoms with Crippen LogP contribution < -0.4 is 24.8 Å². The van der Waals surface area contributed by atoms with E-state index < -0.39 is 0 Å². The maximum absolute atomic E-state index is 3.30. The smallest absolute Gasteiger partial charge is 0.0253 e. The molecule has 0 N–H and O–H groups in total. The molecule has 4 rings (SSSR count). The predicted molar refractivity (Wildman–Crippen MR) is 112 cm³/mol. The van der Waals surface area contributed by atoms with Crippen molar-refractivity contribution in [3.8, 4) is 11.1 Å². The van der Waals surface area contributed by atoms with Crippen molar-refractivity contribution < 1.29 is 44.0 Å². The molecule has 1 aliphatic carbocycles. The van der Waals surface area contributed by atoms with Crippen LogP contribution in [0.1, 0.15) is 33.4 Å². The zero-order valence-corrected chi connectivity index (χ0v) is 21.7. The molecule has 0 saturated heterocycles. The molecule has 3 aromatic carbocycles. The number of fused-ring (bicyclic) bond motifs is 3. The van der Waals surface area contributed by atoms with Crippen molar-refractivity contribution in [3.05, 3.63) is 88.0 Å². The number of halogens is 2. The van der Waals surface area contributed by atoms with Crippen molar-refractivity contribution in [2.75, 3.05) is 0 Å². The molecule has 0 aliphatic heterocycles. The molecular formula is C24H28Cl2SiTi-2. The molecule has 1 aliphatic rings. The molecule has 148 valence electrons. The summed E-state index contributed by atoms with van der Waals surface area (Å²) >= 11 is 2.27. The summed E-state index contributed by atoms with van der Waals surface area (Å²) in [6.45, 7) is 13.2. The van der Waals surface area contributed by atoms with Gasteiger partial charge in [0.15, 0.2) is 0 Å². The molecule has 0 amide bonds. The first-order chi connectivity index (χ1) is 12.3. The van der Waals surface area contributed by atoms with Gasteiger partial charge < -0.3 is 24.8 Å². The molecule has 0 nitrogen and oxygen atoms in total. The average Bonchev–Trinajstić information content (AvgIpc) is 3.08. The maximum atomic E-state index is 3.30. The number of aryl methyl sites for hydroxylation is 2. The number of benzene rings is 2. The van der Waals surface area contributed by atoms with Gasteiger partial charge in [0.25, 0.3) is 0 Å². The van der Waals surface area contributed by atoms with Gasteiger partial charge in [-0.15, -0.1) is 5.56 Å². The van der Waals surface area contributed by atoms with E-state index in [9.17, 15) is 0 Å². The van der Waals surface area contributed by atoms with Gasteiger partial charge in [0, 0.05) is 0 Å². The quantitative estimate of drug-likeness (QED) is 0.263. The van der Waals surface area contributed by atoms with Crippen LogP contribution in [0.2, 0.25) is 13.1 Å². The van der Waals surface area contributed by atoms with E-state index in [1.165, 1.54) is 44.5 Å². The molecule has 3 aromatic rings. The molecule has 0 saturated carbocycles. The van der Waals surface area contributed by atoms with E-state index in [2.05, 4.69) is 108 Å². The first-order valence-electron chi connectivity index (χ1n) is 9.11. The second-order valence-electron chi connectivity index (χ2n) is 7.16. The first-order valence-corrected chi connectivity index (χ1v) is 13.9. The fourth-order valence-electron chi connectivity index (χ4n) is 3.13. The Labute approximate surface area is 195 Å². The van der Waals surface area contributed by atoms with Gasteiger partial charge in [-0.2, -0.15) is 58.1 Å². The van der Waals surface area contributed by atoms with Crippen LogP contribution in [0.3, 0.4) is 0 Å². The van der Waals surface area contributed by atoms with Crippen LogP contribution in [0, 0.1) is 33.8 Å². The molecule has 4 heteroatoms. The van der Waals surface area contributed by atoms with Crippen molar-refractivity contribution in [1.29, 1.82) is 0 Å². The zero-order chi connectivity index (χ0) is 19.3. The molecular weight excluding hydrogens is 435 g/mol. The topological polar surface area (TPSA) is 0 Å². The normalized spacial score (nSPS) is 10.0. The van der Waals surface area contributed by atoms with E-state index in [4.69, 9.17) is 0 Å². The molecule has 0 bridgehead atoms. The minimum Gasteiger partial charge on any atom is -1.00 e. The fraction of sp³-hybridized carbons (Fsp3) is 0.292. The van der Waals surface area contributed by atoms with E-state index in [-0.39, 0.29) is 31.0 Å². The molecule has 0 atom stereocenters. The standard InChI is InChI=1S/C13H9.C9H13.C2H6Si.2ClH.Ti/c1-3-7-12-10(5-1)9-11-6-2-4-8-13(11)12;1-6-5-7(2)9(4)8(6)3;1-3-2;;;/h1-5,7-8H,9H2;5H,1-4H3;1-2H3;2*1H;/q2*-1;;;;+2/p-2. The summed E-state index contributed by atoms with van der Waals surface area (Å²) < 4.78 is 0. The zero-order valence-electron chi connectivity index (χ0n) is 17.6. The van der Waals surface area contributed by atoms with Crippen molar-refractivity contribution in [2.45, 2.75) is 47.2 Å². The Balaban J connectivity index is 0.000000432. The molecule has 0 fully saturated rings. The Hall–Kier alpha value is -0.699. The Morgan fingerprint density at radius 2 is 1.54 bits per heavy atom. The third kappa shape index (κ3) is 7.28. The van der Waals surface area contributed by atoms with Crippen molar-refractivity contribution in [1.82, 2.24) is 0 Å². The van der Waals surface area contributed by atoms with Crippen molar-refractivity contribution >= 4 is 6.19 Å². The number of rotatable bonds is 0. The van der Waals surface area contributed by atoms with Gasteiger partial charge >= 0.3 is 38.5 Å². The van der Waals surface area contributed by atoms with Crippen LogP contribution in [-0.2, 0) is 25.6 Å². The SMILES string of the molecule is C[Si](C)=[Ti+2].Cc1c[c-](C)c(C)c1C.[Cl-].[Cl-].[c-]1cccc2c1Cc1ccccc1-2. The fourth-order valence-corrected chi connectivity index (χ4v) is 3.13. The summed E-state index contributed by atoms with van der Waals surface area (Å²) in [5.74, 6) is 0. The average molecular weight is 463 g/mol. The summed E-state index contributed by atoms with van der Waals surface area (Å²) in [4.78, 5) is 0. The summed E-state index contributed by atoms with van der Waals surface area (Å²) in [6, 6.07) is 20.3. The molecule has 0 radical (unpaired) electrons. The number of hydrogen-bond acceptors (Lipinski definition) is 0. The predicted octanol–water partition coefficient (Wildman–Crippen LogP) is 0.489. The van der Waals surface area contributed by atoms with E-state index in [1.54, 1.807) is 0 Å². The van der Waals surface area contributed by atoms with Gasteiger partial charge in [-0.1, -0.05) is 63.1 Å². The Bertz CT molecular complexity index is 843. The molecule has 0 heterocycles. The van der Waals surface area contributed by atoms with Crippen LogP contribution in [-0.4, -0.2) is 6.19 Å². The van der Waals surface area contributed by atoms with Gasteiger partial charge in [0.05, 0.1) is 0 Å². The summed E-state index contributed by atoms with van der Waals surface area (Å²) in [6.07, 6.45) is 1.17. The molecule has 0 spiro atoms. The Morgan fingerprint density at radius 1 is 0.964 bits per heavy atom. The Kier molecular flexibility index (Phi) is 12.5. The minimum atomic E-state index is 0. The number of hydrogen-bond donors (Lipinski definition) is 0. The van der Waals surface area contributed by atoms with Crippen LogP contribution in [0.4, 0.5) is 0 Å². The minimum absolute atomic E-state index is 0. The van der Waals surface area contributed by atoms with Gasteiger partial charge in [0.1, 0.15) is 0 Å². The van der Waals surface area contributed by atoms with E-state index in [0.717, 1.165) is 6.42 Å². The Morgan fingerprint density at radius 3 is 2.04 bits per heavy atom. The van der Waals surface area contributed by atoms with E-state index in [1.807, 2.05) is 6.07 Å². The van der Waals surface area contributed by atoms with Crippen LogP contribution in [0.15, 0.2) is 48.5 Å². The van der Waals surface area contributed by atoms with Crippen LogP contribution >= 0.6 is 0 Å². The third-order valence-corrected chi connectivity index (χ3v) is 4.80. The largest absolute Gasteiger partial charge is 1.00 e. The van der Waals surface area contributed by atoms with Crippen molar-refractivity contribution in [2.24, 2.45) is 0 Å². The monoisotopic (exact) mass is 462 g/mol. The summed E-state index contributed by atoms with van der Waals surface area (Å²) in [5, 5.41) is 0. The van der Waals surface area contributed by atoms with Crippen LogP contribution in [0.25, 0.3) is 11.1 Å². The van der Waals surface area contributed by atoms with Crippen molar-refractivity contribution in [3.63, 3.8) is 0 Å². The van der Waals surface area contributed by atoms with Gasteiger partial charge in [-0.25, -0.2) is 0 Å². The van der Waals surface area contributed by atoms with E-state index in [0.29, 0.717) is 0 Å². The van der Waals surface area contributed by atoms with Gasteiger partial charge in [-0.3, -0.25) is 0 Å². The van der Waals surface area contributed by atoms with Gasteiger partial charge in [0.2, 0.25) is 0 Å². The second-order valence-corrected chi connectivity index (χ2v) is 13.8. The maximum Gasteiger partial charge on any atom is -0.0253 e. The molecule has 0 unspecified atom stereocenters. The third-order valence-electron chi connectivity index (χ3n) is 4.80. The first kappa shape index (κ1) is 27.3. The summed E-state index contributed by atoms with van der Waals surface area (Å²) in [5.41, 5.74) is 11.3. The summed E-state index contributed by atoms with van der Waals surface area (Å²) in [7, 11) is 0.